The van der Waals surface area contributed by atoms with E-state index in [9.17, 15) is 18.5 Å². The van der Waals surface area contributed by atoms with Crippen molar-refractivity contribution < 1.29 is 28.3 Å². The minimum absolute atomic E-state index is 0.0654. The minimum atomic E-state index is -4.03. The van der Waals surface area contributed by atoms with Gasteiger partial charge in [0.1, 0.15) is 0 Å². The van der Waals surface area contributed by atoms with Crippen LogP contribution in [0.25, 0.3) is 0 Å². The summed E-state index contributed by atoms with van der Waals surface area (Å²) in [5.74, 6) is -0.0654. The number of sulfonamides is 1. The van der Waals surface area contributed by atoms with Crippen LogP contribution in [0.4, 0.5) is 5.69 Å². The number of benzene rings is 1. The van der Waals surface area contributed by atoms with Gasteiger partial charge in [0.15, 0.2) is 5.75 Å². The van der Waals surface area contributed by atoms with Crippen LogP contribution in [0.5, 0.6) is 5.75 Å². The third-order valence-corrected chi connectivity index (χ3v) is 3.80. The van der Waals surface area contributed by atoms with Crippen LogP contribution in [0.3, 0.4) is 0 Å². The first-order valence-electron chi connectivity index (χ1n) is 5.43. The lowest BCUT2D eigenvalue weighted by molar-refractivity contribution is -0.386. The zero-order valence-electron chi connectivity index (χ0n) is 10.5. The van der Waals surface area contributed by atoms with E-state index in [2.05, 4.69) is 0 Å². The van der Waals surface area contributed by atoms with Gasteiger partial charge in [-0.2, -0.15) is 0 Å². The lowest BCUT2D eigenvalue weighted by Gasteiger charge is -2.10. The van der Waals surface area contributed by atoms with Gasteiger partial charge >= 0.3 is 5.69 Å². The number of aliphatic hydroxyl groups excluding tert-OH is 2. The second-order valence-corrected chi connectivity index (χ2v) is 5.55. The number of hydrogen-bond donors (Lipinski definition) is 3. The number of ether oxygens (including phenoxy) is 1. The molecule has 10 heteroatoms. The zero-order valence-corrected chi connectivity index (χ0v) is 11.3. The highest BCUT2D eigenvalue weighted by Crippen LogP contribution is 2.29. The monoisotopic (exact) mass is 306 g/mol. The van der Waals surface area contributed by atoms with E-state index in [1.54, 1.807) is 0 Å². The molecule has 0 fully saturated rings. The van der Waals surface area contributed by atoms with Gasteiger partial charge in [-0.3, -0.25) is 10.1 Å². The van der Waals surface area contributed by atoms with Crippen molar-refractivity contribution in [1.82, 2.24) is 4.72 Å². The van der Waals surface area contributed by atoms with E-state index < -0.39 is 39.9 Å². The predicted octanol–water partition coefficient (Wildman–Crippen LogP) is -0.765. The normalized spacial score (nSPS) is 12.9. The molecule has 1 atom stereocenters. The Bertz CT molecular complexity index is 587. The van der Waals surface area contributed by atoms with Crippen LogP contribution in [0.1, 0.15) is 0 Å². The fourth-order valence-corrected chi connectivity index (χ4v) is 2.43. The number of aliphatic hydroxyl groups is 2. The molecular formula is C10H14N2O7S. The van der Waals surface area contributed by atoms with E-state index in [1.807, 2.05) is 4.72 Å². The summed E-state index contributed by atoms with van der Waals surface area (Å²) in [6, 6.07) is 3.15. The lowest BCUT2D eigenvalue weighted by atomic mass is 10.3. The van der Waals surface area contributed by atoms with Crippen molar-refractivity contribution in [2.24, 2.45) is 0 Å². The first-order chi connectivity index (χ1) is 9.31. The van der Waals surface area contributed by atoms with E-state index in [0.717, 1.165) is 18.2 Å². The van der Waals surface area contributed by atoms with Crippen molar-refractivity contribution in [2.45, 2.75) is 11.0 Å². The van der Waals surface area contributed by atoms with E-state index in [4.69, 9.17) is 14.9 Å². The van der Waals surface area contributed by atoms with Crippen LogP contribution in [-0.4, -0.2) is 49.9 Å². The number of nitrogens with zero attached hydrogens (tertiary/aromatic N) is 1. The van der Waals surface area contributed by atoms with E-state index in [1.165, 1.54) is 7.11 Å². The van der Waals surface area contributed by atoms with Gasteiger partial charge in [0.2, 0.25) is 10.0 Å². The van der Waals surface area contributed by atoms with Gasteiger partial charge in [-0.15, -0.1) is 0 Å². The maximum absolute atomic E-state index is 11.9. The van der Waals surface area contributed by atoms with Gasteiger partial charge in [-0.25, -0.2) is 13.1 Å². The van der Waals surface area contributed by atoms with Gasteiger partial charge < -0.3 is 14.9 Å². The molecule has 1 aromatic carbocycles. The summed E-state index contributed by atoms with van der Waals surface area (Å²) in [6.45, 7) is -1.01. The van der Waals surface area contributed by atoms with Gasteiger partial charge in [0.05, 0.1) is 29.6 Å². The van der Waals surface area contributed by atoms with E-state index >= 15 is 0 Å². The van der Waals surface area contributed by atoms with Gasteiger partial charge in [0.25, 0.3) is 0 Å². The van der Waals surface area contributed by atoms with Crippen molar-refractivity contribution in [3.8, 4) is 5.75 Å². The topological polar surface area (TPSA) is 139 Å². The molecule has 1 unspecified atom stereocenters. The molecule has 0 spiro atoms. The SMILES string of the molecule is COc1ccc(S(=O)(=O)NCC(O)CO)cc1[N+](=O)[O-]. The highest BCUT2D eigenvalue weighted by Gasteiger charge is 2.22. The summed E-state index contributed by atoms with van der Waals surface area (Å²) in [6.07, 6.45) is -1.25. The first-order valence-corrected chi connectivity index (χ1v) is 6.91. The number of methoxy groups -OCH3 is 1. The zero-order chi connectivity index (χ0) is 15.3. The van der Waals surface area contributed by atoms with E-state index in [-0.39, 0.29) is 10.6 Å². The highest BCUT2D eigenvalue weighted by molar-refractivity contribution is 7.89. The molecule has 3 N–H and O–H groups in total. The number of rotatable bonds is 7. The Hall–Kier alpha value is -1.75. The predicted molar refractivity (Wildman–Crippen MR) is 67.9 cm³/mol. The molecule has 0 aliphatic carbocycles. The number of nitro benzene ring substituents is 1. The standard InChI is InChI=1S/C10H14N2O7S/c1-19-10-3-2-8(4-9(10)12(15)16)20(17,18)11-5-7(14)6-13/h2-4,7,11,13-14H,5-6H2,1H3. The quantitative estimate of drug-likeness (QED) is 0.444. The Morgan fingerprint density at radius 1 is 1.50 bits per heavy atom. The van der Waals surface area contributed by atoms with Crippen LogP contribution in [0.2, 0.25) is 0 Å². The maximum Gasteiger partial charge on any atom is 0.312 e. The molecule has 112 valence electrons. The number of hydrogen-bond acceptors (Lipinski definition) is 7. The van der Waals surface area contributed by atoms with Crippen molar-refractivity contribution in [3.05, 3.63) is 28.3 Å². The van der Waals surface area contributed by atoms with Crippen molar-refractivity contribution >= 4 is 15.7 Å². The second kappa shape index (κ2) is 6.61. The largest absolute Gasteiger partial charge is 0.490 e. The van der Waals surface area contributed by atoms with Crippen LogP contribution in [-0.2, 0) is 10.0 Å². The van der Waals surface area contributed by atoms with Gasteiger partial charge in [0, 0.05) is 12.6 Å². The highest BCUT2D eigenvalue weighted by atomic mass is 32.2. The lowest BCUT2D eigenvalue weighted by Crippen LogP contribution is -2.33. The summed E-state index contributed by atoms with van der Waals surface area (Å²) in [5.41, 5.74) is -0.488. The second-order valence-electron chi connectivity index (χ2n) is 3.78. The molecule has 0 saturated heterocycles. The molecule has 0 amide bonds. The molecule has 0 aromatic heterocycles. The Morgan fingerprint density at radius 3 is 2.65 bits per heavy atom. The summed E-state index contributed by atoms with van der Waals surface area (Å²) in [5, 5.41) is 28.5. The van der Waals surface area contributed by atoms with Crippen molar-refractivity contribution in [1.29, 1.82) is 0 Å². The van der Waals surface area contributed by atoms with Crippen molar-refractivity contribution in [3.63, 3.8) is 0 Å². The average molecular weight is 306 g/mol. The average Bonchev–Trinajstić information content (AvgIpc) is 2.43. The summed E-state index contributed by atoms with van der Waals surface area (Å²) >= 11 is 0. The van der Waals surface area contributed by atoms with Crippen molar-refractivity contribution in [2.75, 3.05) is 20.3 Å². The smallest absolute Gasteiger partial charge is 0.312 e. The number of nitrogens with one attached hydrogen (secondary N) is 1. The molecule has 0 bridgehead atoms. The molecule has 1 rings (SSSR count). The third kappa shape index (κ3) is 3.87. The van der Waals surface area contributed by atoms with E-state index in [0.29, 0.717) is 0 Å². The summed E-state index contributed by atoms with van der Waals surface area (Å²) in [7, 11) is -2.80. The van der Waals surface area contributed by atoms with Crippen LogP contribution < -0.4 is 9.46 Å². The van der Waals surface area contributed by atoms with Crippen LogP contribution >= 0.6 is 0 Å². The van der Waals surface area contributed by atoms with Crippen LogP contribution in [0.15, 0.2) is 23.1 Å². The Labute approximate surface area is 115 Å². The molecule has 20 heavy (non-hydrogen) atoms. The number of nitro groups is 1. The Balaban J connectivity index is 3.07. The van der Waals surface area contributed by atoms with Crippen LogP contribution in [0, 0.1) is 10.1 Å². The third-order valence-electron chi connectivity index (χ3n) is 2.38. The fraction of sp³-hybridized carbons (Fsp3) is 0.400. The first kappa shape index (κ1) is 16.3. The molecule has 0 aliphatic rings. The minimum Gasteiger partial charge on any atom is -0.490 e. The Kier molecular flexibility index (Phi) is 5.39. The molecular weight excluding hydrogens is 292 g/mol. The molecule has 0 aliphatic heterocycles. The molecule has 1 aromatic rings. The fourth-order valence-electron chi connectivity index (χ4n) is 1.33. The van der Waals surface area contributed by atoms with Gasteiger partial charge in [-0.05, 0) is 12.1 Å². The summed E-state index contributed by atoms with van der Waals surface area (Å²) < 4.78 is 30.5. The summed E-state index contributed by atoms with van der Waals surface area (Å²) in [4.78, 5) is 9.71. The molecule has 9 nitrogen and oxygen atoms in total. The molecule has 0 saturated carbocycles. The Morgan fingerprint density at radius 2 is 2.15 bits per heavy atom. The van der Waals surface area contributed by atoms with Gasteiger partial charge in [-0.1, -0.05) is 0 Å². The molecule has 0 radical (unpaired) electrons. The molecule has 0 heterocycles. The maximum atomic E-state index is 11.9.